The molecule has 0 aliphatic carbocycles. The zero-order valence-corrected chi connectivity index (χ0v) is 19.6. The first-order valence-corrected chi connectivity index (χ1v) is 11.3. The van der Waals surface area contributed by atoms with Crippen molar-refractivity contribution in [2.75, 3.05) is 12.8 Å². The van der Waals surface area contributed by atoms with E-state index >= 15 is 0 Å². The average Bonchev–Trinajstić information content (AvgIpc) is 3.35. The molecule has 0 spiro atoms. The van der Waals surface area contributed by atoms with Gasteiger partial charge in [-0.3, -0.25) is 0 Å². The summed E-state index contributed by atoms with van der Waals surface area (Å²) in [6.07, 6.45) is 1.84. The Hall–Kier alpha value is -4.92. The molecule has 180 valence electrons. The molecule has 0 amide bonds. The lowest BCUT2D eigenvalue weighted by molar-refractivity contribution is 0.299. The second kappa shape index (κ2) is 10.1. The number of anilines is 1. The van der Waals surface area contributed by atoms with Gasteiger partial charge in [0.05, 0.1) is 31.2 Å². The van der Waals surface area contributed by atoms with Crippen molar-refractivity contribution in [2.24, 2.45) is 0 Å². The van der Waals surface area contributed by atoms with E-state index in [2.05, 4.69) is 20.3 Å². The largest absolute Gasteiger partial charge is 0.507 e. The minimum atomic E-state index is 0.0130. The van der Waals surface area contributed by atoms with Crippen molar-refractivity contribution in [1.29, 1.82) is 0 Å². The third-order valence-electron chi connectivity index (χ3n) is 5.53. The third kappa shape index (κ3) is 5.25. The summed E-state index contributed by atoms with van der Waals surface area (Å²) in [4.78, 5) is 8.63. The number of phenols is 1. The number of rotatable bonds is 8. The van der Waals surface area contributed by atoms with Gasteiger partial charge in [0.15, 0.2) is 0 Å². The van der Waals surface area contributed by atoms with Crippen LogP contribution in [0.2, 0.25) is 0 Å². The highest BCUT2D eigenvalue weighted by Gasteiger charge is 2.12. The lowest BCUT2D eigenvalue weighted by Gasteiger charge is -2.10. The Morgan fingerprint density at radius 3 is 2.39 bits per heavy atom. The number of hydrogen-bond acceptors (Lipinski definition) is 8. The molecule has 0 aliphatic rings. The average molecular weight is 481 g/mol. The van der Waals surface area contributed by atoms with Crippen LogP contribution in [0.25, 0.3) is 22.5 Å². The molecule has 3 N–H and O–H groups in total. The number of ether oxygens (including phenoxy) is 2. The molecule has 0 aliphatic heterocycles. The van der Waals surface area contributed by atoms with E-state index in [0.717, 1.165) is 16.9 Å². The molecule has 0 saturated carbocycles. The SMILES string of the molecule is COc1ccc(-c2cc(-c3ccc(OCc4cn(Cc5ccccc5)nn4)cc3O)nc(N)n2)cc1. The summed E-state index contributed by atoms with van der Waals surface area (Å²) < 4.78 is 12.8. The Balaban J connectivity index is 1.29. The van der Waals surface area contributed by atoms with E-state index in [1.165, 1.54) is 6.07 Å². The smallest absolute Gasteiger partial charge is 0.221 e. The van der Waals surface area contributed by atoms with Crippen molar-refractivity contribution >= 4 is 5.95 Å². The van der Waals surface area contributed by atoms with Crippen LogP contribution in [0.4, 0.5) is 5.95 Å². The first-order chi connectivity index (χ1) is 17.6. The van der Waals surface area contributed by atoms with Gasteiger partial charge < -0.3 is 20.3 Å². The molecule has 3 aromatic carbocycles. The van der Waals surface area contributed by atoms with Crippen molar-refractivity contribution in [3.63, 3.8) is 0 Å². The first kappa shape index (κ1) is 22.9. The molecule has 9 nitrogen and oxygen atoms in total. The molecule has 9 heteroatoms. The molecule has 0 saturated heterocycles. The fourth-order valence-electron chi connectivity index (χ4n) is 3.74. The zero-order chi connectivity index (χ0) is 24.9. The second-order valence-electron chi connectivity index (χ2n) is 8.09. The van der Waals surface area contributed by atoms with E-state index in [0.29, 0.717) is 34.9 Å². The summed E-state index contributed by atoms with van der Waals surface area (Å²) >= 11 is 0. The van der Waals surface area contributed by atoms with Gasteiger partial charge in [0.2, 0.25) is 5.95 Å². The van der Waals surface area contributed by atoms with Crippen molar-refractivity contribution < 1.29 is 14.6 Å². The minimum Gasteiger partial charge on any atom is -0.507 e. The molecule has 0 fully saturated rings. The van der Waals surface area contributed by atoms with Crippen molar-refractivity contribution in [1.82, 2.24) is 25.0 Å². The summed E-state index contributed by atoms with van der Waals surface area (Å²) in [5, 5.41) is 19.0. The highest BCUT2D eigenvalue weighted by Crippen LogP contribution is 2.34. The third-order valence-corrected chi connectivity index (χ3v) is 5.53. The number of nitrogen functional groups attached to an aromatic ring is 1. The Kier molecular flexibility index (Phi) is 6.44. The fourth-order valence-corrected chi connectivity index (χ4v) is 3.74. The van der Waals surface area contributed by atoms with Gasteiger partial charge in [0, 0.05) is 17.2 Å². The maximum Gasteiger partial charge on any atom is 0.221 e. The molecule has 2 heterocycles. The van der Waals surface area contributed by atoms with Crippen molar-refractivity contribution in [2.45, 2.75) is 13.2 Å². The number of nitrogens with two attached hydrogens (primary N) is 1. The molecule has 0 bridgehead atoms. The maximum atomic E-state index is 10.7. The van der Waals surface area contributed by atoms with Gasteiger partial charge in [-0.15, -0.1) is 5.10 Å². The predicted molar refractivity (Wildman–Crippen MR) is 135 cm³/mol. The van der Waals surface area contributed by atoms with Gasteiger partial charge in [0.1, 0.15) is 29.5 Å². The van der Waals surface area contributed by atoms with E-state index in [1.807, 2.05) is 60.8 Å². The van der Waals surface area contributed by atoms with E-state index in [-0.39, 0.29) is 18.3 Å². The topological polar surface area (TPSA) is 121 Å². The normalized spacial score (nSPS) is 10.8. The molecule has 36 heavy (non-hydrogen) atoms. The molecule has 5 rings (SSSR count). The van der Waals surface area contributed by atoms with Gasteiger partial charge in [-0.05, 0) is 48.0 Å². The van der Waals surface area contributed by atoms with Crippen LogP contribution in [0, 0.1) is 0 Å². The zero-order valence-electron chi connectivity index (χ0n) is 19.6. The van der Waals surface area contributed by atoms with Crippen LogP contribution in [0.15, 0.2) is 85.1 Å². The van der Waals surface area contributed by atoms with Crippen LogP contribution in [0.5, 0.6) is 17.2 Å². The van der Waals surface area contributed by atoms with Crippen LogP contribution in [-0.4, -0.2) is 37.2 Å². The fraction of sp³-hybridized carbons (Fsp3) is 0.111. The number of hydrogen-bond donors (Lipinski definition) is 2. The van der Waals surface area contributed by atoms with Gasteiger partial charge in [-0.25, -0.2) is 14.6 Å². The van der Waals surface area contributed by atoms with Gasteiger partial charge in [-0.1, -0.05) is 35.5 Å². The van der Waals surface area contributed by atoms with E-state index in [9.17, 15) is 5.11 Å². The monoisotopic (exact) mass is 480 g/mol. The van der Waals surface area contributed by atoms with Crippen LogP contribution in [0.3, 0.4) is 0 Å². The molecule has 0 unspecified atom stereocenters. The summed E-state index contributed by atoms with van der Waals surface area (Å²) in [6.45, 7) is 0.847. The summed E-state index contributed by atoms with van der Waals surface area (Å²) in [7, 11) is 1.61. The highest BCUT2D eigenvalue weighted by atomic mass is 16.5. The standard InChI is InChI=1S/C27H24N6O3/c1-35-21-9-7-19(8-10-21)24-14-25(30-27(28)29-24)23-12-11-22(13-26(23)34)36-17-20-16-33(32-31-20)15-18-5-3-2-4-6-18/h2-14,16,34H,15,17H2,1H3,(H2,28,29,30). The Morgan fingerprint density at radius 2 is 1.64 bits per heavy atom. The first-order valence-electron chi connectivity index (χ1n) is 11.3. The lowest BCUT2D eigenvalue weighted by Crippen LogP contribution is -2.00. The Morgan fingerprint density at radius 1 is 0.889 bits per heavy atom. The van der Waals surface area contributed by atoms with E-state index < -0.39 is 0 Å². The second-order valence-corrected chi connectivity index (χ2v) is 8.09. The predicted octanol–water partition coefficient (Wildman–Crippen LogP) is 4.33. The van der Waals surface area contributed by atoms with Crippen LogP contribution >= 0.6 is 0 Å². The summed E-state index contributed by atoms with van der Waals surface area (Å²) in [5.74, 6) is 1.36. The molecule has 5 aromatic rings. The van der Waals surface area contributed by atoms with Crippen molar-refractivity contribution in [3.8, 4) is 39.8 Å². The molecular formula is C27H24N6O3. The number of aromatic hydroxyl groups is 1. The summed E-state index contributed by atoms with van der Waals surface area (Å²) in [6, 6.07) is 24.3. The van der Waals surface area contributed by atoms with E-state index in [4.69, 9.17) is 15.2 Å². The maximum absolute atomic E-state index is 10.7. The van der Waals surface area contributed by atoms with Crippen LogP contribution in [0.1, 0.15) is 11.3 Å². The molecule has 0 radical (unpaired) electrons. The Bertz CT molecular complexity index is 1470. The van der Waals surface area contributed by atoms with Gasteiger partial charge in [0.25, 0.3) is 0 Å². The number of methoxy groups -OCH3 is 1. The van der Waals surface area contributed by atoms with Crippen molar-refractivity contribution in [3.05, 3.63) is 96.3 Å². The Labute approximate surface area is 207 Å². The molecular weight excluding hydrogens is 456 g/mol. The number of phenolic OH excluding ortho intramolecular Hbond substituents is 1. The van der Waals surface area contributed by atoms with E-state index in [1.54, 1.807) is 30.0 Å². The number of nitrogens with zero attached hydrogens (tertiary/aromatic N) is 5. The minimum absolute atomic E-state index is 0.0130. The number of benzene rings is 3. The quantitative estimate of drug-likeness (QED) is 0.337. The van der Waals surface area contributed by atoms with Gasteiger partial charge in [-0.2, -0.15) is 0 Å². The summed E-state index contributed by atoms with van der Waals surface area (Å²) in [5.41, 5.74) is 10.3. The lowest BCUT2D eigenvalue weighted by atomic mass is 10.1. The number of aromatic nitrogens is 5. The van der Waals surface area contributed by atoms with Crippen LogP contribution < -0.4 is 15.2 Å². The molecule has 2 aromatic heterocycles. The van der Waals surface area contributed by atoms with Crippen LogP contribution in [-0.2, 0) is 13.2 Å². The van der Waals surface area contributed by atoms with Gasteiger partial charge >= 0.3 is 0 Å². The highest BCUT2D eigenvalue weighted by molar-refractivity contribution is 5.73. The molecule has 0 atom stereocenters.